The maximum Gasteiger partial charge on any atom is 0.180 e. The molecule has 1 aliphatic rings. The van der Waals surface area contributed by atoms with Gasteiger partial charge in [-0.15, -0.1) is 11.3 Å². The number of benzene rings is 1. The second-order valence-corrected chi connectivity index (χ2v) is 9.48. The normalized spacial score (nSPS) is 15.8. The van der Waals surface area contributed by atoms with Crippen molar-refractivity contribution in [1.82, 2.24) is 24.6 Å². The SMILES string of the molecule is COc1ccc(-c2nc(CN3CCN(Cn4nc(C)sc4=S)CC3)cs2)cc1. The predicted octanol–water partition coefficient (Wildman–Crippen LogP) is 3.89. The predicted molar refractivity (Wildman–Crippen MR) is 117 cm³/mol. The number of piperazine rings is 1. The minimum atomic E-state index is 0.787. The molecule has 1 aliphatic heterocycles. The summed E-state index contributed by atoms with van der Waals surface area (Å²) in [5, 5.41) is 8.75. The van der Waals surface area contributed by atoms with Crippen LogP contribution in [0.2, 0.25) is 0 Å². The number of nitrogens with zero attached hydrogens (tertiary/aromatic N) is 5. The minimum absolute atomic E-state index is 0.787. The molecule has 0 saturated carbocycles. The summed E-state index contributed by atoms with van der Waals surface area (Å²) in [6, 6.07) is 8.08. The zero-order chi connectivity index (χ0) is 19.5. The maximum absolute atomic E-state index is 5.38. The smallest absolute Gasteiger partial charge is 0.180 e. The summed E-state index contributed by atoms with van der Waals surface area (Å²) >= 11 is 8.65. The monoisotopic (exact) mass is 433 g/mol. The van der Waals surface area contributed by atoms with Crippen LogP contribution in [0.1, 0.15) is 10.7 Å². The van der Waals surface area contributed by atoms with Gasteiger partial charge in [-0.1, -0.05) is 11.3 Å². The topological polar surface area (TPSA) is 46.4 Å². The first-order valence-electron chi connectivity index (χ1n) is 9.19. The third-order valence-electron chi connectivity index (χ3n) is 4.78. The molecule has 3 aromatic rings. The van der Waals surface area contributed by atoms with E-state index in [2.05, 4.69) is 32.4 Å². The van der Waals surface area contributed by atoms with E-state index in [1.807, 2.05) is 23.7 Å². The van der Waals surface area contributed by atoms with Crippen LogP contribution in [0, 0.1) is 10.9 Å². The van der Waals surface area contributed by atoms with Gasteiger partial charge in [-0.25, -0.2) is 9.67 Å². The van der Waals surface area contributed by atoms with Crippen LogP contribution in [-0.2, 0) is 13.2 Å². The van der Waals surface area contributed by atoms with Crippen molar-refractivity contribution in [3.63, 3.8) is 0 Å². The Bertz CT molecular complexity index is 970. The standard InChI is InChI=1S/C19H23N5OS3/c1-14-21-24(19(26)28-14)13-23-9-7-22(8-10-23)11-16-12-27-18(20-16)15-3-5-17(25-2)6-4-15/h3-6,12H,7-11,13H2,1-2H3. The van der Waals surface area contributed by atoms with Gasteiger partial charge in [-0.05, 0) is 43.4 Å². The van der Waals surface area contributed by atoms with Crippen molar-refractivity contribution in [2.75, 3.05) is 33.3 Å². The van der Waals surface area contributed by atoms with Crippen molar-refractivity contribution in [1.29, 1.82) is 0 Å². The highest BCUT2D eigenvalue weighted by atomic mass is 32.1. The summed E-state index contributed by atoms with van der Waals surface area (Å²) in [7, 11) is 1.68. The van der Waals surface area contributed by atoms with Crippen LogP contribution in [-0.4, -0.2) is 57.9 Å². The molecule has 0 N–H and O–H groups in total. The maximum atomic E-state index is 5.38. The van der Waals surface area contributed by atoms with E-state index in [9.17, 15) is 0 Å². The summed E-state index contributed by atoms with van der Waals surface area (Å²) in [4.78, 5) is 9.71. The Balaban J connectivity index is 1.30. The van der Waals surface area contributed by atoms with Crippen molar-refractivity contribution in [2.24, 2.45) is 0 Å². The van der Waals surface area contributed by atoms with Gasteiger partial charge in [0.05, 0.1) is 19.5 Å². The second-order valence-electron chi connectivity index (χ2n) is 6.79. The van der Waals surface area contributed by atoms with Gasteiger partial charge >= 0.3 is 0 Å². The number of thiazole rings is 1. The molecule has 0 aliphatic carbocycles. The zero-order valence-corrected chi connectivity index (χ0v) is 18.4. The minimum Gasteiger partial charge on any atom is -0.497 e. The summed E-state index contributed by atoms with van der Waals surface area (Å²) in [5.74, 6) is 0.868. The van der Waals surface area contributed by atoms with E-state index in [0.717, 1.165) is 70.4 Å². The van der Waals surface area contributed by atoms with E-state index in [-0.39, 0.29) is 0 Å². The molecule has 0 spiro atoms. The van der Waals surface area contributed by atoms with Gasteiger partial charge in [0.15, 0.2) is 3.95 Å². The third-order valence-corrected chi connectivity index (χ3v) is 6.94. The fraction of sp³-hybridized carbons (Fsp3) is 0.421. The highest BCUT2D eigenvalue weighted by Gasteiger charge is 2.19. The number of methoxy groups -OCH3 is 1. The molecule has 0 atom stereocenters. The molecular formula is C19H23N5OS3. The van der Waals surface area contributed by atoms with E-state index < -0.39 is 0 Å². The highest BCUT2D eigenvalue weighted by Crippen LogP contribution is 2.26. The molecule has 0 unspecified atom stereocenters. The fourth-order valence-corrected chi connectivity index (χ4v) is 5.13. The molecule has 1 fully saturated rings. The van der Waals surface area contributed by atoms with Gasteiger partial charge in [-0.2, -0.15) is 5.10 Å². The van der Waals surface area contributed by atoms with Crippen LogP contribution in [0.3, 0.4) is 0 Å². The first-order chi connectivity index (χ1) is 13.6. The third kappa shape index (κ3) is 4.66. The first kappa shape index (κ1) is 19.7. The lowest BCUT2D eigenvalue weighted by Crippen LogP contribution is -2.46. The number of aryl methyl sites for hydroxylation is 1. The van der Waals surface area contributed by atoms with Gasteiger partial charge in [-0.3, -0.25) is 9.80 Å². The molecule has 1 saturated heterocycles. The lowest BCUT2D eigenvalue weighted by atomic mass is 10.2. The summed E-state index contributed by atoms with van der Waals surface area (Å²) in [6.45, 7) is 7.80. The van der Waals surface area contributed by atoms with E-state index in [1.165, 1.54) is 0 Å². The molecule has 0 amide bonds. The average molecular weight is 434 g/mol. The zero-order valence-electron chi connectivity index (χ0n) is 16.0. The van der Waals surface area contributed by atoms with Crippen molar-refractivity contribution < 1.29 is 4.74 Å². The van der Waals surface area contributed by atoms with Crippen LogP contribution in [0.5, 0.6) is 5.75 Å². The van der Waals surface area contributed by atoms with Crippen molar-refractivity contribution >= 4 is 34.9 Å². The molecule has 28 heavy (non-hydrogen) atoms. The van der Waals surface area contributed by atoms with Crippen LogP contribution in [0.4, 0.5) is 0 Å². The Morgan fingerprint density at radius 3 is 2.46 bits per heavy atom. The summed E-state index contributed by atoms with van der Waals surface area (Å²) in [6.07, 6.45) is 0. The molecule has 2 aromatic heterocycles. The van der Waals surface area contributed by atoms with E-state index in [1.54, 1.807) is 29.8 Å². The fourth-order valence-electron chi connectivity index (χ4n) is 3.25. The highest BCUT2D eigenvalue weighted by molar-refractivity contribution is 7.73. The van der Waals surface area contributed by atoms with Gasteiger partial charge < -0.3 is 4.74 Å². The quantitative estimate of drug-likeness (QED) is 0.550. The van der Waals surface area contributed by atoms with Gasteiger partial charge in [0, 0.05) is 43.7 Å². The molecule has 4 rings (SSSR count). The lowest BCUT2D eigenvalue weighted by molar-refractivity contribution is 0.0977. The van der Waals surface area contributed by atoms with Crippen LogP contribution < -0.4 is 4.74 Å². The van der Waals surface area contributed by atoms with E-state index in [4.69, 9.17) is 21.9 Å². The van der Waals surface area contributed by atoms with Gasteiger partial charge in [0.2, 0.25) is 0 Å². The number of rotatable bonds is 6. The lowest BCUT2D eigenvalue weighted by Gasteiger charge is -2.34. The van der Waals surface area contributed by atoms with Crippen molar-refractivity contribution in [3.05, 3.63) is 44.3 Å². The van der Waals surface area contributed by atoms with Gasteiger partial charge in [0.1, 0.15) is 15.8 Å². The molecule has 9 heteroatoms. The molecule has 6 nitrogen and oxygen atoms in total. The summed E-state index contributed by atoms with van der Waals surface area (Å²) < 4.78 is 8.02. The molecular weight excluding hydrogens is 410 g/mol. The van der Waals surface area contributed by atoms with Crippen LogP contribution in [0.15, 0.2) is 29.6 Å². The number of hydrogen-bond acceptors (Lipinski definition) is 8. The molecule has 0 radical (unpaired) electrons. The Kier molecular flexibility index (Phi) is 6.17. The number of ether oxygens (including phenoxy) is 1. The molecule has 3 heterocycles. The molecule has 1 aromatic carbocycles. The Labute approximate surface area is 178 Å². The van der Waals surface area contributed by atoms with Crippen LogP contribution in [0.25, 0.3) is 10.6 Å². The van der Waals surface area contributed by atoms with E-state index in [0.29, 0.717) is 0 Å². The average Bonchev–Trinajstić information content (AvgIpc) is 3.29. The molecule has 0 bridgehead atoms. The Morgan fingerprint density at radius 2 is 1.82 bits per heavy atom. The Hall–Kier alpha value is -1.65. The van der Waals surface area contributed by atoms with Gasteiger partial charge in [0.25, 0.3) is 0 Å². The first-order valence-corrected chi connectivity index (χ1v) is 11.3. The van der Waals surface area contributed by atoms with E-state index >= 15 is 0 Å². The number of aromatic nitrogens is 3. The Morgan fingerprint density at radius 1 is 1.11 bits per heavy atom. The number of hydrogen-bond donors (Lipinski definition) is 0. The second kappa shape index (κ2) is 8.79. The summed E-state index contributed by atoms with van der Waals surface area (Å²) in [5.41, 5.74) is 2.28. The van der Waals surface area contributed by atoms with Crippen LogP contribution >= 0.6 is 34.9 Å². The van der Waals surface area contributed by atoms with Crippen molar-refractivity contribution in [3.8, 4) is 16.3 Å². The molecule has 148 valence electrons. The van der Waals surface area contributed by atoms with Crippen molar-refractivity contribution in [2.45, 2.75) is 20.1 Å². The largest absolute Gasteiger partial charge is 0.497 e.